The normalized spacial score (nSPS) is 9.93. The van der Waals surface area contributed by atoms with Crippen molar-refractivity contribution in [3.63, 3.8) is 0 Å². The molecule has 0 fully saturated rings. The number of anilines is 2. The van der Waals surface area contributed by atoms with Gasteiger partial charge in [0.25, 0.3) is 0 Å². The SMILES string of the molecule is Cc1cc(NCCCO)nc(NN)n1. The van der Waals surface area contributed by atoms with Crippen LogP contribution in [0.1, 0.15) is 12.1 Å². The minimum Gasteiger partial charge on any atom is -0.396 e. The molecule has 5 N–H and O–H groups in total. The molecule has 0 amide bonds. The molecule has 0 atom stereocenters. The van der Waals surface area contributed by atoms with Gasteiger partial charge in [0.2, 0.25) is 5.95 Å². The van der Waals surface area contributed by atoms with Gasteiger partial charge in [0.15, 0.2) is 0 Å². The molecular weight excluding hydrogens is 182 g/mol. The molecule has 0 aromatic carbocycles. The van der Waals surface area contributed by atoms with Crippen molar-refractivity contribution in [2.24, 2.45) is 5.84 Å². The van der Waals surface area contributed by atoms with Crippen LogP contribution in [0.3, 0.4) is 0 Å². The van der Waals surface area contributed by atoms with Gasteiger partial charge >= 0.3 is 0 Å². The number of aliphatic hydroxyl groups excluding tert-OH is 1. The minimum absolute atomic E-state index is 0.166. The van der Waals surface area contributed by atoms with E-state index < -0.39 is 0 Å². The molecule has 0 saturated carbocycles. The number of aryl methyl sites for hydroxylation is 1. The summed E-state index contributed by atoms with van der Waals surface area (Å²) in [5.41, 5.74) is 3.22. The van der Waals surface area contributed by atoms with Crippen LogP contribution < -0.4 is 16.6 Å². The van der Waals surface area contributed by atoms with Crippen LogP contribution in [0.2, 0.25) is 0 Å². The Labute approximate surface area is 82.5 Å². The zero-order valence-electron chi connectivity index (χ0n) is 8.12. The van der Waals surface area contributed by atoms with E-state index in [2.05, 4.69) is 20.7 Å². The van der Waals surface area contributed by atoms with Gasteiger partial charge in [-0.25, -0.2) is 10.8 Å². The maximum Gasteiger partial charge on any atom is 0.239 e. The van der Waals surface area contributed by atoms with Crippen molar-refractivity contribution in [1.29, 1.82) is 0 Å². The Morgan fingerprint density at radius 2 is 2.29 bits per heavy atom. The first kappa shape index (κ1) is 10.7. The van der Waals surface area contributed by atoms with Crippen LogP contribution in [-0.4, -0.2) is 28.2 Å². The van der Waals surface area contributed by atoms with Crippen LogP contribution in [-0.2, 0) is 0 Å². The van der Waals surface area contributed by atoms with E-state index in [1.807, 2.05) is 13.0 Å². The predicted octanol–water partition coefficient (Wildman–Crippen LogP) is -0.135. The summed E-state index contributed by atoms with van der Waals surface area (Å²) < 4.78 is 0. The zero-order valence-corrected chi connectivity index (χ0v) is 8.12. The second kappa shape index (κ2) is 5.36. The van der Waals surface area contributed by atoms with Gasteiger partial charge in [-0.2, -0.15) is 4.98 Å². The monoisotopic (exact) mass is 197 g/mol. The van der Waals surface area contributed by atoms with Crippen LogP contribution in [0.4, 0.5) is 11.8 Å². The molecule has 14 heavy (non-hydrogen) atoms. The van der Waals surface area contributed by atoms with Gasteiger partial charge in [-0.15, -0.1) is 0 Å². The summed E-state index contributed by atoms with van der Waals surface area (Å²) in [7, 11) is 0. The number of rotatable bonds is 5. The Kier molecular flexibility index (Phi) is 4.09. The largest absolute Gasteiger partial charge is 0.396 e. The quantitative estimate of drug-likeness (QED) is 0.298. The lowest BCUT2D eigenvalue weighted by atomic mass is 10.4. The highest BCUT2D eigenvalue weighted by Gasteiger charge is 1.99. The maximum atomic E-state index is 8.59. The van der Waals surface area contributed by atoms with Crippen molar-refractivity contribution < 1.29 is 5.11 Å². The molecule has 1 aromatic heterocycles. The third-order valence-electron chi connectivity index (χ3n) is 1.62. The molecule has 6 nitrogen and oxygen atoms in total. The molecule has 0 aliphatic rings. The number of hydrogen-bond donors (Lipinski definition) is 4. The van der Waals surface area contributed by atoms with Crippen molar-refractivity contribution in [3.8, 4) is 0 Å². The average Bonchev–Trinajstić information content (AvgIpc) is 2.17. The third-order valence-corrected chi connectivity index (χ3v) is 1.62. The first-order valence-corrected chi connectivity index (χ1v) is 4.43. The Morgan fingerprint density at radius 1 is 1.50 bits per heavy atom. The van der Waals surface area contributed by atoms with Gasteiger partial charge in [0.05, 0.1) is 0 Å². The van der Waals surface area contributed by atoms with E-state index in [4.69, 9.17) is 10.9 Å². The highest BCUT2D eigenvalue weighted by Crippen LogP contribution is 2.08. The molecule has 0 spiro atoms. The lowest BCUT2D eigenvalue weighted by Gasteiger charge is -2.06. The van der Waals surface area contributed by atoms with E-state index in [9.17, 15) is 0 Å². The molecule has 0 aliphatic carbocycles. The Morgan fingerprint density at radius 3 is 2.93 bits per heavy atom. The molecule has 0 saturated heterocycles. The second-order valence-electron chi connectivity index (χ2n) is 2.87. The van der Waals surface area contributed by atoms with Crippen LogP contribution in [0, 0.1) is 6.92 Å². The first-order chi connectivity index (χ1) is 6.76. The number of nitrogens with zero attached hydrogens (tertiary/aromatic N) is 2. The van der Waals surface area contributed by atoms with Crippen molar-refractivity contribution in [2.75, 3.05) is 23.9 Å². The first-order valence-electron chi connectivity index (χ1n) is 4.43. The molecule has 1 aromatic rings. The molecule has 1 rings (SSSR count). The van der Waals surface area contributed by atoms with Gasteiger partial charge in [-0.3, -0.25) is 5.43 Å². The molecule has 0 unspecified atom stereocenters. The molecule has 0 radical (unpaired) electrons. The van der Waals surface area contributed by atoms with Gasteiger partial charge in [-0.1, -0.05) is 0 Å². The summed E-state index contributed by atoms with van der Waals surface area (Å²) in [5, 5.41) is 11.6. The third kappa shape index (κ3) is 3.15. The molecule has 1 heterocycles. The Balaban J connectivity index is 2.62. The van der Waals surface area contributed by atoms with E-state index >= 15 is 0 Å². The van der Waals surface area contributed by atoms with Crippen molar-refractivity contribution in [1.82, 2.24) is 9.97 Å². The van der Waals surface area contributed by atoms with E-state index in [1.54, 1.807) is 0 Å². The topological polar surface area (TPSA) is 96.1 Å². The maximum absolute atomic E-state index is 8.59. The number of nitrogens with two attached hydrogens (primary N) is 1. The van der Waals surface area contributed by atoms with Crippen LogP contribution in [0.25, 0.3) is 0 Å². The van der Waals surface area contributed by atoms with Gasteiger partial charge in [0, 0.05) is 24.9 Å². The lowest BCUT2D eigenvalue weighted by molar-refractivity contribution is 0.292. The highest BCUT2D eigenvalue weighted by atomic mass is 16.3. The average molecular weight is 197 g/mol. The van der Waals surface area contributed by atoms with E-state index in [0.717, 1.165) is 5.69 Å². The predicted molar refractivity (Wildman–Crippen MR) is 54.8 cm³/mol. The van der Waals surface area contributed by atoms with E-state index in [1.165, 1.54) is 0 Å². The smallest absolute Gasteiger partial charge is 0.239 e. The van der Waals surface area contributed by atoms with E-state index in [0.29, 0.717) is 24.7 Å². The van der Waals surface area contributed by atoms with Gasteiger partial charge < -0.3 is 10.4 Å². The molecule has 0 aliphatic heterocycles. The minimum atomic E-state index is 0.166. The number of nitrogen functional groups attached to an aromatic ring is 1. The fourth-order valence-electron chi connectivity index (χ4n) is 1.02. The molecule has 6 heteroatoms. The Hall–Kier alpha value is -1.40. The summed E-state index contributed by atoms with van der Waals surface area (Å²) in [6, 6.07) is 1.82. The fraction of sp³-hybridized carbons (Fsp3) is 0.500. The van der Waals surface area contributed by atoms with E-state index in [-0.39, 0.29) is 6.61 Å². The van der Waals surface area contributed by atoms with Gasteiger partial charge in [0.1, 0.15) is 5.82 Å². The number of nitrogens with one attached hydrogen (secondary N) is 2. The number of hydrogen-bond acceptors (Lipinski definition) is 6. The number of aromatic nitrogens is 2. The fourth-order valence-corrected chi connectivity index (χ4v) is 1.02. The number of hydrazine groups is 1. The summed E-state index contributed by atoms with van der Waals surface area (Å²) in [5.74, 6) is 6.29. The zero-order chi connectivity index (χ0) is 10.4. The summed E-state index contributed by atoms with van der Waals surface area (Å²) in [6.45, 7) is 2.70. The van der Waals surface area contributed by atoms with Crippen molar-refractivity contribution >= 4 is 11.8 Å². The summed E-state index contributed by atoms with van der Waals surface area (Å²) in [6.07, 6.45) is 0.689. The second-order valence-corrected chi connectivity index (χ2v) is 2.87. The van der Waals surface area contributed by atoms with Crippen LogP contribution in [0.5, 0.6) is 0 Å². The Bertz CT molecular complexity index is 291. The van der Waals surface area contributed by atoms with Crippen molar-refractivity contribution in [3.05, 3.63) is 11.8 Å². The molecule has 0 bridgehead atoms. The standard InChI is InChI=1S/C8H15N5O/c1-6-5-7(10-3-2-4-14)12-8(11-6)13-9/h5,14H,2-4,9H2,1H3,(H2,10,11,12,13). The molecule has 78 valence electrons. The van der Waals surface area contributed by atoms with Crippen LogP contribution in [0.15, 0.2) is 6.07 Å². The van der Waals surface area contributed by atoms with Gasteiger partial charge in [-0.05, 0) is 13.3 Å². The number of aliphatic hydroxyl groups is 1. The summed E-state index contributed by atoms with van der Waals surface area (Å²) >= 11 is 0. The van der Waals surface area contributed by atoms with Crippen molar-refractivity contribution in [2.45, 2.75) is 13.3 Å². The van der Waals surface area contributed by atoms with Crippen LogP contribution >= 0.6 is 0 Å². The molecular formula is C8H15N5O. The highest BCUT2D eigenvalue weighted by molar-refractivity contribution is 5.41. The lowest BCUT2D eigenvalue weighted by Crippen LogP contribution is -2.13. The summed E-state index contributed by atoms with van der Waals surface area (Å²) in [4.78, 5) is 8.13.